The van der Waals surface area contributed by atoms with E-state index in [0.717, 1.165) is 0 Å². The first-order valence-corrected chi connectivity index (χ1v) is 11.3. The number of primary amides is 1. The highest BCUT2D eigenvalue weighted by Crippen LogP contribution is 2.37. The molecule has 0 aliphatic rings. The standard InChI is InChI=1S/C21H25N2O7P/c1-13-9-15(7-8-17(13)19(22)24)11-18(21(26)27)23-20(25)16(12-31(28,29)30)10-14-5-3-2-4-6-14/h2-9,16,18H,10-12H2,1H3,(H2,22,24)(H,23,25)(H,26,27)(H2,28,29,30)/t16?,18-/m0/s1. The maximum absolute atomic E-state index is 12.8. The Kier molecular flexibility index (Phi) is 8.10. The summed E-state index contributed by atoms with van der Waals surface area (Å²) in [6.07, 6.45) is -0.724. The predicted molar refractivity (Wildman–Crippen MR) is 114 cm³/mol. The number of amides is 2. The number of hydrogen-bond donors (Lipinski definition) is 5. The molecular weight excluding hydrogens is 423 g/mol. The third-order valence-electron chi connectivity index (χ3n) is 4.76. The summed E-state index contributed by atoms with van der Waals surface area (Å²) in [5.41, 5.74) is 7.41. The van der Waals surface area contributed by atoms with E-state index in [0.29, 0.717) is 22.3 Å². The van der Waals surface area contributed by atoms with Crippen LogP contribution in [-0.2, 0) is 27.0 Å². The molecular formula is C21H25N2O7P. The number of carbonyl (C=O) groups excluding carboxylic acids is 2. The summed E-state index contributed by atoms with van der Waals surface area (Å²) in [5, 5.41) is 11.9. The molecule has 6 N–H and O–H groups in total. The molecule has 2 aromatic carbocycles. The van der Waals surface area contributed by atoms with E-state index in [1.54, 1.807) is 49.4 Å². The van der Waals surface area contributed by atoms with Crippen LogP contribution in [0.3, 0.4) is 0 Å². The van der Waals surface area contributed by atoms with E-state index in [4.69, 9.17) is 5.73 Å². The second-order valence-electron chi connectivity index (χ2n) is 7.35. The lowest BCUT2D eigenvalue weighted by Crippen LogP contribution is -2.46. The largest absolute Gasteiger partial charge is 0.480 e. The Morgan fingerprint density at radius 3 is 2.19 bits per heavy atom. The SMILES string of the molecule is Cc1cc(C[C@H](NC(=O)C(Cc2ccccc2)CP(=O)(O)O)C(=O)O)ccc1C(N)=O. The Bertz CT molecular complexity index is 1000. The first-order chi connectivity index (χ1) is 14.5. The molecule has 0 saturated heterocycles. The fourth-order valence-electron chi connectivity index (χ4n) is 3.28. The molecule has 2 rings (SSSR count). The highest BCUT2D eigenvalue weighted by atomic mass is 31.2. The van der Waals surface area contributed by atoms with Crippen LogP contribution in [-0.4, -0.2) is 44.9 Å². The maximum Gasteiger partial charge on any atom is 0.326 e. The van der Waals surface area contributed by atoms with E-state index in [1.807, 2.05) is 0 Å². The highest BCUT2D eigenvalue weighted by Gasteiger charge is 2.31. The molecule has 0 fully saturated rings. The molecule has 0 radical (unpaired) electrons. The molecule has 31 heavy (non-hydrogen) atoms. The van der Waals surface area contributed by atoms with Crippen LogP contribution in [0.15, 0.2) is 48.5 Å². The van der Waals surface area contributed by atoms with Crippen LogP contribution in [0.25, 0.3) is 0 Å². The summed E-state index contributed by atoms with van der Waals surface area (Å²) in [4.78, 5) is 54.6. The van der Waals surface area contributed by atoms with Crippen LogP contribution in [0, 0.1) is 12.8 Å². The van der Waals surface area contributed by atoms with Crippen molar-refractivity contribution in [2.45, 2.75) is 25.8 Å². The van der Waals surface area contributed by atoms with Gasteiger partial charge in [0.1, 0.15) is 6.04 Å². The van der Waals surface area contributed by atoms with Gasteiger partial charge >= 0.3 is 13.6 Å². The van der Waals surface area contributed by atoms with E-state index in [1.165, 1.54) is 6.07 Å². The number of hydrogen-bond acceptors (Lipinski definition) is 4. The molecule has 0 aliphatic heterocycles. The summed E-state index contributed by atoms with van der Waals surface area (Å²) in [6, 6.07) is 12.0. The second kappa shape index (κ2) is 10.3. The third kappa shape index (κ3) is 7.64. The molecule has 0 bridgehead atoms. The van der Waals surface area contributed by atoms with Crippen LogP contribution in [0.5, 0.6) is 0 Å². The van der Waals surface area contributed by atoms with Crippen molar-refractivity contribution in [1.29, 1.82) is 0 Å². The monoisotopic (exact) mass is 448 g/mol. The number of carboxylic acids is 1. The fourth-order valence-corrected chi connectivity index (χ4v) is 4.15. The molecule has 0 heterocycles. The molecule has 9 nitrogen and oxygen atoms in total. The number of aliphatic carboxylic acids is 1. The molecule has 166 valence electrons. The van der Waals surface area contributed by atoms with Gasteiger partial charge in [-0.15, -0.1) is 0 Å². The van der Waals surface area contributed by atoms with E-state index in [-0.39, 0.29) is 12.8 Å². The second-order valence-corrected chi connectivity index (χ2v) is 9.05. The van der Waals surface area contributed by atoms with Gasteiger partial charge in [0, 0.05) is 12.0 Å². The zero-order chi connectivity index (χ0) is 23.2. The van der Waals surface area contributed by atoms with Crippen molar-refractivity contribution in [1.82, 2.24) is 5.32 Å². The van der Waals surface area contributed by atoms with Gasteiger partial charge in [0.15, 0.2) is 0 Å². The van der Waals surface area contributed by atoms with Crippen LogP contribution in [0.1, 0.15) is 27.0 Å². The Hall–Kier alpha value is -3.00. The first kappa shape index (κ1) is 24.3. The lowest BCUT2D eigenvalue weighted by atomic mass is 9.97. The molecule has 10 heteroatoms. The highest BCUT2D eigenvalue weighted by molar-refractivity contribution is 7.51. The topological polar surface area (TPSA) is 167 Å². The molecule has 2 atom stereocenters. The molecule has 2 aromatic rings. The van der Waals surface area contributed by atoms with E-state index >= 15 is 0 Å². The number of carboxylic acid groups (broad SMARTS) is 1. The van der Waals surface area contributed by atoms with Gasteiger partial charge in [-0.1, -0.05) is 42.5 Å². The lowest BCUT2D eigenvalue weighted by Gasteiger charge is -2.21. The van der Waals surface area contributed by atoms with Gasteiger partial charge in [-0.05, 0) is 36.1 Å². The van der Waals surface area contributed by atoms with Crippen molar-refractivity contribution in [3.05, 3.63) is 70.8 Å². The van der Waals surface area contributed by atoms with Gasteiger partial charge in [-0.25, -0.2) is 4.79 Å². The van der Waals surface area contributed by atoms with Crippen molar-refractivity contribution >= 4 is 25.4 Å². The summed E-state index contributed by atoms with van der Waals surface area (Å²) >= 11 is 0. The van der Waals surface area contributed by atoms with Gasteiger partial charge in [0.2, 0.25) is 11.8 Å². The summed E-state index contributed by atoms with van der Waals surface area (Å²) in [6.45, 7) is 1.66. The zero-order valence-corrected chi connectivity index (χ0v) is 17.8. The Labute approximate surface area is 179 Å². The first-order valence-electron chi connectivity index (χ1n) is 9.47. The number of nitrogens with one attached hydrogen (secondary N) is 1. The van der Waals surface area contributed by atoms with E-state index < -0.39 is 43.5 Å². The Morgan fingerprint density at radius 1 is 1.03 bits per heavy atom. The number of benzene rings is 2. The van der Waals surface area contributed by atoms with Crippen molar-refractivity contribution < 1.29 is 33.8 Å². The normalized spacial score (nSPS) is 13.3. The van der Waals surface area contributed by atoms with Crippen LogP contribution >= 0.6 is 7.60 Å². The smallest absolute Gasteiger partial charge is 0.326 e. The van der Waals surface area contributed by atoms with E-state index in [2.05, 4.69) is 5.32 Å². The van der Waals surface area contributed by atoms with Gasteiger partial charge in [-0.2, -0.15) is 0 Å². The molecule has 0 saturated carbocycles. The van der Waals surface area contributed by atoms with Crippen molar-refractivity contribution in [2.24, 2.45) is 11.7 Å². The van der Waals surface area contributed by atoms with E-state index in [9.17, 15) is 33.8 Å². The summed E-state index contributed by atoms with van der Waals surface area (Å²) < 4.78 is 11.5. The lowest BCUT2D eigenvalue weighted by molar-refractivity contribution is -0.142. The van der Waals surface area contributed by atoms with Crippen molar-refractivity contribution in [2.75, 3.05) is 6.16 Å². The van der Waals surface area contributed by atoms with Crippen molar-refractivity contribution in [3.8, 4) is 0 Å². The van der Waals surface area contributed by atoms with Crippen LogP contribution in [0.2, 0.25) is 0 Å². The van der Waals surface area contributed by atoms with Crippen LogP contribution in [0.4, 0.5) is 0 Å². The molecule has 0 aromatic heterocycles. The Morgan fingerprint density at radius 2 is 1.68 bits per heavy atom. The van der Waals surface area contributed by atoms with Gasteiger partial charge in [0.25, 0.3) is 0 Å². The van der Waals surface area contributed by atoms with Gasteiger partial charge in [-0.3, -0.25) is 14.2 Å². The Balaban J connectivity index is 2.19. The molecule has 0 aliphatic carbocycles. The van der Waals surface area contributed by atoms with Gasteiger partial charge < -0.3 is 25.9 Å². The van der Waals surface area contributed by atoms with Crippen LogP contribution < -0.4 is 11.1 Å². The average molecular weight is 448 g/mol. The molecule has 1 unspecified atom stereocenters. The average Bonchev–Trinajstić information content (AvgIpc) is 2.66. The minimum absolute atomic E-state index is 0.0521. The number of aryl methyl sites for hydroxylation is 1. The molecule has 0 spiro atoms. The summed E-state index contributed by atoms with van der Waals surface area (Å²) in [7, 11) is -4.52. The third-order valence-corrected chi connectivity index (χ3v) is 5.68. The van der Waals surface area contributed by atoms with Gasteiger partial charge in [0.05, 0.1) is 12.1 Å². The maximum atomic E-state index is 12.8. The minimum atomic E-state index is -4.52. The fraction of sp³-hybridized carbons (Fsp3) is 0.286. The number of nitrogens with two attached hydrogens (primary N) is 1. The number of carbonyl (C=O) groups is 3. The minimum Gasteiger partial charge on any atom is -0.480 e. The predicted octanol–water partition coefficient (Wildman–Crippen LogP) is 1.24. The van der Waals surface area contributed by atoms with Crippen molar-refractivity contribution in [3.63, 3.8) is 0 Å². The molecule has 2 amide bonds. The number of rotatable bonds is 10. The summed E-state index contributed by atoms with van der Waals surface area (Å²) in [5.74, 6) is -3.76. The zero-order valence-electron chi connectivity index (χ0n) is 16.9. The quantitative estimate of drug-likeness (QED) is 0.341.